The van der Waals surface area contributed by atoms with Gasteiger partial charge in [0.05, 0.1) is 34.4 Å². The minimum absolute atomic E-state index is 0.0542. The van der Waals surface area contributed by atoms with Gasteiger partial charge in [-0.3, -0.25) is 9.59 Å². The predicted octanol–water partition coefficient (Wildman–Crippen LogP) is 15.6. The zero-order valence-electron chi connectivity index (χ0n) is 43.1. The molecule has 0 aromatic rings. The summed E-state index contributed by atoms with van der Waals surface area (Å²) >= 11 is 0. The van der Waals surface area contributed by atoms with Gasteiger partial charge in [-0.2, -0.15) is 0 Å². The summed E-state index contributed by atoms with van der Waals surface area (Å²) in [6, 6.07) is -0.621. The molecular weight excluding hydrogens is 823 g/mol. The number of hydrogen-bond donors (Lipinski definition) is 1. The number of carbonyl (C=O) groups excluding carboxylic acids is 2. The standard InChI is InChI=1S/C58H99NO7/c1-6-8-10-12-14-16-18-20-22-24-26-27-28-29-31-33-35-37-39-41-43-45-47-49-57(61)66-54(52-64-51-50-55(58(62)63)59(3,4)5)53-65-56(60)48-46-44-42-40-38-36-34-32-30-25-23-21-19-17-15-13-11-9-7-2/h8-11,14-17,20-23,26-27,54-55H,6-7,12-13,18-19,24-25,28-53H2,1-5H3/p+1/b10-8+,11-9+,16-14+,17-15+,22-20+,23-21+,27-26+. The van der Waals surface area contributed by atoms with Crippen molar-refractivity contribution in [3.63, 3.8) is 0 Å². The lowest BCUT2D eigenvalue weighted by atomic mass is 10.0. The maximum Gasteiger partial charge on any atom is 0.362 e. The number of rotatable bonds is 47. The fourth-order valence-electron chi connectivity index (χ4n) is 7.51. The highest BCUT2D eigenvalue weighted by Gasteiger charge is 2.31. The van der Waals surface area contributed by atoms with Crippen molar-refractivity contribution in [1.82, 2.24) is 0 Å². The maximum atomic E-state index is 12.8. The van der Waals surface area contributed by atoms with Crippen LogP contribution < -0.4 is 0 Å². The van der Waals surface area contributed by atoms with E-state index in [2.05, 4.69) is 98.9 Å². The SMILES string of the molecule is CC/C=C/C/C=C/C/C=C/C/C=C/CCCCCCCCCCCCC(=O)OC(COCCC(C(=O)O)[N+](C)(C)C)COC(=O)CCCCCCCCCCC/C=C/C/C=C/C/C=C/CC. The van der Waals surface area contributed by atoms with Gasteiger partial charge in [-0.1, -0.05) is 195 Å². The van der Waals surface area contributed by atoms with Crippen LogP contribution in [0, 0.1) is 0 Å². The van der Waals surface area contributed by atoms with Crippen LogP contribution in [0.25, 0.3) is 0 Å². The highest BCUT2D eigenvalue weighted by atomic mass is 16.6. The number of carboxylic acids is 1. The van der Waals surface area contributed by atoms with E-state index in [0.717, 1.165) is 89.9 Å². The molecule has 0 aliphatic heterocycles. The molecule has 378 valence electrons. The van der Waals surface area contributed by atoms with E-state index in [-0.39, 0.29) is 36.2 Å². The Hall–Kier alpha value is -3.49. The summed E-state index contributed by atoms with van der Waals surface area (Å²) in [6.45, 7) is 4.52. The molecule has 0 aromatic heterocycles. The summed E-state index contributed by atoms with van der Waals surface area (Å²) < 4.78 is 17.4. The van der Waals surface area contributed by atoms with E-state index in [1.807, 2.05) is 21.1 Å². The molecule has 8 nitrogen and oxygen atoms in total. The second kappa shape index (κ2) is 48.0. The number of carboxylic acid groups (broad SMARTS) is 1. The molecule has 0 spiro atoms. The van der Waals surface area contributed by atoms with E-state index in [0.29, 0.717) is 19.3 Å². The predicted molar refractivity (Wildman–Crippen MR) is 280 cm³/mol. The summed E-state index contributed by atoms with van der Waals surface area (Å²) in [5.41, 5.74) is 0. The lowest BCUT2D eigenvalue weighted by Gasteiger charge is -2.31. The Bertz CT molecular complexity index is 1350. The van der Waals surface area contributed by atoms with Crippen molar-refractivity contribution in [2.75, 3.05) is 41.0 Å². The van der Waals surface area contributed by atoms with Crippen LogP contribution in [0.2, 0.25) is 0 Å². The Morgan fingerprint density at radius 3 is 1.18 bits per heavy atom. The molecule has 0 rings (SSSR count). The average molecular weight is 923 g/mol. The van der Waals surface area contributed by atoms with Gasteiger partial charge in [-0.05, 0) is 83.5 Å². The van der Waals surface area contributed by atoms with Gasteiger partial charge in [0.2, 0.25) is 0 Å². The Balaban J connectivity index is 4.24. The molecule has 0 fully saturated rings. The molecule has 0 radical (unpaired) electrons. The number of unbranched alkanes of at least 4 members (excludes halogenated alkanes) is 19. The molecule has 8 heteroatoms. The third-order valence-corrected chi connectivity index (χ3v) is 11.5. The third kappa shape index (κ3) is 45.7. The second-order valence-electron chi connectivity index (χ2n) is 18.7. The molecule has 0 aliphatic carbocycles. The highest BCUT2D eigenvalue weighted by molar-refractivity contribution is 5.72. The van der Waals surface area contributed by atoms with Gasteiger partial charge in [0.15, 0.2) is 12.1 Å². The summed E-state index contributed by atoms with van der Waals surface area (Å²) in [6.07, 6.45) is 63.5. The molecule has 0 saturated heterocycles. The Morgan fingerprint density at radius 2 is 0.803 bits per heavy atom. The largest absolute Gasteiger partial charge is 0.477 e. The monoisotopic (exact) mass is 923 g/mol. The molecule has 0 amide bonds. The molecule has 0 saturated carbocycles. The number of carbonyl (C=O) groups is 3. The quantitative estimate of drug-likeness (QED) is 0.0281. The molecule has 2 unspecified atom stereocenters. The Labute approximate surface area is 405 Å². The third-order valence-electron chi connectivity index (χ3n) is 11.5. The van der Waals surface area contributed by atoms with Crippen LogP contribution >= 0.6 is 0 Å². The second-order valence-corrected chi connectivity index (χ2v) is 18.7. The smallest absolute Gasteiger partial charge is 0.362 e. The number of nitrogens with zero attached hydrogens (tertiary/aromatic N) is 1. The lowest BCUT2D eigenvalue weighted by Crippen LogP contribution is -2.50. The first-order chi connectivity index (χ1) is 32.1. The van der Waals surface area contributed by atoms with Crippen LogP contribution in [0.15, 0.2) is 85.1 Å². The maximum absolute atomic E-state index is 12.8. The summed E-state index contributed by atoms with van der Waals surface area (Å²) in [5, 5.41) is 9.67. The molecule has 0 bridgehead atoms. The van der Waals surface area contributed by atoms with Crippen LogP contribution in [-0.2, 0) is 28.6 Å². The Kier molecular flexibility index (Phi) is 45.4. The number of esters is 2. The number of aliphatic carboxylic acids is 1. The van der Waals surface area contributed by atoms with Crippen molar-refractivity contribution in [1.29, 1.82) is 0 Å². The van der Waals surface area contributed by atoms with E-state index in [4.69, 9.17) is 14.2 Å². The number of ether oxygens (including phenoxy) is 3. The number of hydrogen-bond acceptors (Lipinski definition) is 6. The van der Waals surface area contributed by atoms with E-state index in [9.17, 15) is 19.5 Å². The minimum Gasteiger partial charge on any atom is -0.477 e. The normalized spacial score (nSPS) is 13.5. The van der Waals surface area contributed by atoms with E-state index in [1.165, 1.54) is 89.9 Å². The lowest BCUT2D eigenvalue weighted by molar-refractivity contribution is -0.887. The van der Waals surface area contributed by atoms with E-state index >= 15 is 0 Å². The topological polar surface area (TPSA) is 99.1 Å². The van der Waals surface area contributed by atoms with Crippen molar-refractivity contribution in [3.8, 4) is 0 Å². The van der Waals surface area contributed by atoms with Crippen LogP contribution in [0.3, 0.4) is 0 Å². The molecule has 1 N–H and O–H groups in total. The fourth-order valence-corrected chi connectivity index (χ4v) is 7.51. The summed E-state index contributed by atoms with van der Waals surface area (Å²) in [5.74, 6) is -1.48. The zero-order valence-corrected chi connectivity index (χ0v) is 43.1. The molecule has 0 aromatic carbocycles. The first kappa shape index (κ1) is 62.5. The molecule has 0 heterocycles. The van der Waals surface area contributed by atoms with Gasteiger partial charge in [0, 0.05) is 19.3 Å². The first-order valence-corrected chi connectivity index (χ1v) is 26.6. The molecule has 2 atom stereocenters. The van der Waals surface area contributed by atoms with Gasteiger partial charge < -0.3 is 23.8 Å². The van der Waals surface area contributed by atoms with Crippen LogP contribution in [0.1, 0.15) is 213 Å². The summed E-state index contributed by atoms with van der Waals surface area (Å²) in [4.78, 5) is 37.2. The molecule has 0 aliphatic rings. The molecule has 66 heavy (non-hydrogen) atoms. The molecular formula is C58H100NO7+. The number of quaternary nitrogens is 1. The average Bonchev–Trinajstić information content (AvgIpc) is 3.28. The minimum atomic E-state index is -0.878. The fraction of sp³-hybridized carbons (Fsp3) is 0.707. The van der Waals surface area contributed by atoms with Gasteiger partial charge in [-0.15, -0.1) is 0 Å². The van der Waals surface area contributed by atoms with E-state index in [1.54, 1.807) is 0 Å². The van der Waals surface area contributed by atoms with Crippen molar-refractivity contribution >= 4 is 17.9 Å². The van der Waals surface area contributed by atoms with Gasteiger partial charge in [0.1, 0.15) is 6.61 Å². The first-order valence-electron chi connectivity index (χ1n) is 26.6. The van der Waals surface area contributed by atoms with Crippen molar-refractivity contribution in [3.05, 3.63) is 85.1 Å². The number of likely N-dealkylation sites (N-methyl/N-ethyl adjacent to an activating group) is 1. The van der Waals surface area contributed by atoms with Crippen LogP contribution in [-0.4, -0.2) is 80.6 Å². The highest BCUT2D eigenvalue weighted by Crippen LogP contribution is 2.15. The van der Waals surface area contributed by atoms with Crippen molar-refractivity contribution in [2.24, 2.45) is 0 Å². The van der Waals surface area contributed by atoms with Crippen molar-refractivity contribution < 1.29 is 38.2 Å². The van der Waals surface area contributed by atoms with Crippen LogP contribution in [0.4, 0.5) is 0 Å². The van der Waals surface area contributed by atoms with Gasteiger partial charge in [0.25, 0.3) is 0 Å². The Morgan fingerprint density at radius 1 is 0.455 bits per heavy atom. The zero-order chi connectivity index (χ0) is 48.4. The van der Waals surface area contributed by atoms with Crippen LogP contribution in [0.5, 0.6) is 0 Å². The van der Waals surface area contributed by atoms with Gasteiger partial charge in [-0.25, -0.2) is 4.79 Å². The van der Waals surface area contributed by atoms with Gasteiger partial charge >= 0.3 is 17.9 Å². The number of allylic oxidation sites excluding steroid dienone is 14. The summed E-state index contributed by atoms with van der Waals surface area (Å²) in [7, 11) is 5.53. The van der Waals surface area contributed by atoms with Crippen molar-refractivity contribution in [2.45, 2.75) is 225 Å². The van der Waals surface area contributed by atoms with E-state index < -0.39 is 18.1 Å².